The van der Waals surface area contributed by atoms with E-state index in [0.717, 1.165) is 22.0 Å². The molecule has 248 valence electrons. The van der Waals surface area contributed by atoms with E-state index in [9.17, 15) is 30.0 Å². The maximum atomic E-state index is 13.6. The van der Waals surface area contributed by atoms with E-state index in [1.54, 1.807) is 62.4 Å². The van der Waals surface area contributed by atoms with E-state index in [-0.39, 0.29) is 58.1 Å². The first-order valence-electron chi connectivity index (χ1n) is 15.6. The molecule has 1 heterocycles. The van der Waals surface area contributed by atoms with Gasteiger partial charge in [0, 0.05) is 63.5 Å². The number of phenolic OH excluding ortho intramolecular Hbond substituents is 4. The topological polar surface area (TPSA) is 131 Å². The second-order valence-electron chi connectivity index (χ2n) is 12.1. The summed E-state index contributed by atoms with van der Waals surface area (Å²) in [5, 5.41) is 46.1. The zero-order valence-electron chi connectivity index (χ0n) is 26.8. The third-order valence-electron chi connectivity index (χ3n) is 8.96. The molecule has 9 heteroatoms. The number of ketones is 2. The number of para-hydroxylation sites is 1. The first-order valence-corrected chi connectivity index (χ1v) is 16.7. The van der Waals surface area contributed by atoms with Crippen LogP contribution in [0.1, 0.15) is 76.5 Å². The number of benzene rings is 5. The van der Waals surface area contributed by atoms with Crippen LogP contribution in [0.15, 0.2) is 84.9 Å². The molecule has 5 aromatic carbocycles. The van der Waals surface area contributed by atoms with E-state index in [1.165, 1.54) is 12.1 Å². The summed E-state index contributed by atoms with van der Waals surface area (Å²) in [5.41, 5.74) is 5.59. The van der Waals surface area contributed by atoms with Crippen molar-refractivity contribution in [3.63, 3.8) is 0 Å². The summed E-state index contributed by atoms with van der Waals surface area (Å²) in [6, 6.07) is 24.0. The fourth-order valence-electron chi connectivity index (χ4n) is 6.18. The number of aromatic hydroxyl groups is 4. The third kappa shape index (κ3) is 6.35. The highest BCUT2D eigenvalue weighted by atomic mass is 35.5. The number of carbonyl (C=O) groups excluding carboxylic acids is 2. The largest absolute Gasteiger partial charge is 0.507 e. The van der Waals surface area contributed by atoms with Crippen LogP contribution in [0.5, 0.6) is 23.0 Å². The molecule has 0 aliphatic rings. The van der Waals surface area contributed by atoms with Gasteiger partial charge in [-0.05, 0) is 59.9 Å². The van der Waals surface area contributed by atoms with E-state index in [2.05, 4.69) is 4.98 Å². The number of hydrogen-bond donors (Lipinski definition) is 5. The molecule has 0 spiro atoms. The van der Waals surface area contributed by atoms with Crippen LogP contribution in [0.4, 0.5) is 0 Å². The van der Waals surface area contributed by atoms with Crippen LogP contribution in [-0.4, -0.2) is 37.0 Å². The van der Waals surface area contributed by atoms with E-state index < -0.39 is 11.6 Å². The van der Waals surface area contributed by atoms with Gasteiger partial charge in [-0.3, -0.25) is 9.59 Å². The molecule has 5 N–H and O–H groups in total. The number of aromatic amines is 1. The van der Waals surface area contributed by atoms with Crippen LogP contribution in [0.3, 0.4) is 0 Å². The normalized spacial score (nSPS) is 11.3. The van der Waals surface area contributed by atoms with Crippen LogP contribution in [0, 0.1) is 13.8 Å². The van der Waals surface area contributed by atoms with E-state index in [0.29, 0.717) is 45.3 Å². The average Bonchev–Trinajstić information content (AvgIpc) is 3.47. The summed E-state index contributed by atoms with van der Waals surface area (Å²) in [7, 11) is 0. The smallest absolute Gasteiger partial charge is 0.196 e. The lowest BCUT2D eigenvalue weighted by atomic mass is 9.90. The lowest BCUT2D eigenvalue weighted by Gasteiger charge is -2.16. The molecule has 0 amide bonds. The van der Waals surface area contributed by atoms with Gasteiger partial charge >= 0.3 is 0 Å². The Morgan fingerprint density at radius 2 is 1.04 bits per heavy atom. The second kappa shape index (κ2) is 13.7. The third-order valence-corrected chi connectivity index (χ3v) is 9.58. The quantitative estimate of drug-likeness (QED) is 0.0720. The molecule has 1 aromatic heterocycles. The Morgan fingerprint density at radius 1 is 0.592 bits per heavy atom. The number of nitrogens with one attached hydrogen (secondary N) is 1. The number of H-pyrrole nitrogens is 1. The average molecular weight is 695 g/mol. The van der Waals surface area contributed by atoms with Gasteiger partial charge < -0.3 is 25.4 Å². The number of phenols is 4. The monoisotopic (exact) mass is 693 g/mol. The second-order valence-corrected chi connectivity index (χ2v) is 12.7. The van der Waals surface area contributed by atoms with E-state index in [4.69, 9.17) is 23.2 Å². The number of hydrogen-bond acceptors (Lipinski definition) is 6. The van der Waals surface area contributed by atoms with Gasteiger partial charge in [0.15, 0.2) is 11.6 Å². The SMILES string of the molecule is Cc1cc(C(=O)c2ccc(CCl)cc2)c(O)c(Cc2[nH]c3ccccc3c2Cc2c(O)c(C)cc(C(=O)c3ccc(CCl)cc3)c2O)c1O. The van der Waals surface area contributed by atoms with Crippen molar-refractivity contribution >= 4 is 45.7 Å². The summed E-state index contributed by atoms with van der Waals surface area (Å²) in [4.78, 5) is 30.5. The highest BCUT2D eigenvalue weighted by molar-refractivity contribution is 6.17. The number of rotatable bonds is 10. The summed E-state index contributed by atoms with van der Waals surface area (Å²) >= 11 is 11.8. The molecule has 0 aliphatic carbocycles. The highest BCUT2D eigenvalue weighted by Gasteiger charge is 2.26. The predicted octanol–water partition coefficient (Wildman–Crippen LogP) is 8.73. The molecule has 0 saturated heterocycles. The van der Waals surface area contributed by atoms with Crippen LogP contribution in [0.2, 0.25) is 0 Å². The van der Waals surface area contributed by atoms with Gasteiger partial charge in [0.05, 0.1) is 11.1 Å². The van der Waals surface area contributed by atoms with E-state index >= 15 is 0 Å². The lowest BCUT2D eigenvalue weighted by Crippen LogP contribution is -2.07. The minimum absolute atomic E-state index is 0.0101. The molecule has 49 heavy (non-hydrogen) atoms. The summed E-state index contributed by atoms with van der Waals surface area (Å²) in [5.74, 6) is -1.24. The summed E-state index contributed by atoms with van der Waals surface area (Å²) < 4.78 is 0. The molecule has 6 rings (SSSR count). The lowest BCUT2D eigenvalue weighted by molar-refractivity contribution is 0.102. The van der Waals surface area contributed by atoms with Gasteiger partial charge in [0.2, 0.25) is 0 Å². The number of alkyl halides is 2. The first-order chi connectivity index (χ1) is 23.5. The Morgan fingerprint density at radius 3 is 1.51 bits per heavy atom. The minimum atomic E-state index is -0.413. The molecule has 0 atom stereocenters. The zero-order valence-corrected chi connectivity index (χ0v) is 28.3. The van der Waals surface area contributed by atoms with Crippen molar-refractivity contribution in [1.82, 2.24) is 4.98 Å². The maximum Gasteiger partial charge on any atom is 0.196 e. The zero-order chi connectivity index (χ0) is 35.0. The molecular weight excluding hydrogens is 661 g/mol. The minimum Gasteiger partial charge on any atom is -0.507 e. The van der Waals surface area contributed by atoms with E-state index in [1.807, 2.05) is 24.3 Å². The molecule has 0 bridgehead atoms. The number of fused-ring (bicyclic) bond motifs is 1. The van der Waals surface area contributed by atoms with Gasteiger partial charge in [0.1, 0.15) is 23.0 Å². The number of carbonyl (C=O) groups is 2. The number of halogens is 2. The fourth-order valence-corrected chi connectivity index (χ4v) is 6.53. The summed E-state index contributed by atoms with van der Waals surface area (Å²) in [6.07, 6.45) is -0.00290. The molecule has 6 aromatic rings. The van der Waals surface area contributed by atoms with Gasteiger partial charge in [-0.2, -0.15) is 0 Å². The van der Waals surface area contributed by atoms with Crippen molar-refractivity contribution < 1.29 is 30.0 Å². The molecule has 0 saturated carbocycles. The Balaban J connectivity index is 1.43. The van der Waals surface area contributed by atoms with Crippen molar-refractivity contribution in [3.8, 4) is 23.0 Å². The van der Waals surface area contributed by atoms with Gasteiger partial charge in [-0.15, -0.1) is 23.2 Å². The van der Waals surface area contributed by atoms with Crippen molar-refractivity contribution in [1.29, 1.82) is 0 Å². The maximum absolute atomic E-state index is 13.6. The van der Waals surface area contributed by atoms with Crippen molar-refractivity contribution in [2.45, 2.75) is 38.4 Å². The molecular formula is C40H33Cl2NO6. The highest BCUT2D eigenvalue weighted by Crippen LogP contribution is 2.41. The Hall–Kier alpha value is -5.24. The number of aryl methyl sites for hydroxylation is 2. The number of aromatic nitrogens is 1. The van der Waals surface area contributed by atoms with Gasteiger partial charge in [-0.25, -0.2) is 0 Å². The van der Waals surface area contributed by atoms with Crippen molar-refractivity contribution in [3.05, 3.63) is 152 Å². The van der Waals surface area contributed by atoms with Crippen molar-refractivity contribution in [2.75, 3.05) is 0 Å². The first kappa shape index (κ1) is 33.7. The van der Waals surface area contributed by atoms with Gasteiger partial charge in [-0.1, -0.05) is 66.7 Å². The predicted molar refractivity (Wildman–Crippen MR) is 192 cm³/mol. The standard InChI is InChI=1S/C40H33Cl2NO6/c1-21-15-29(37(46)25-11-7-23(19-41)8-12-25)39(48)31(35(21)44)17-28-27-5-3-4-6-33(27)43-34(28)18-32-36(45)22(2)16-30(40(32)49)38(47)26-13-9-24(20-42)10-14-26/h3-16,43-45,48-49H,17-20H2,1-2H3. The van der Waals surface area contributed by atoms with Crippen LogP contribution >= 0.6 is 23.2 Å². The Bertz CT molecular complexity index is 2240. The molecule has 0 aliphatic heterocycles. The van der Waals surface area contributed by atoms with Crippen LogP contribution in [-0.2, 0) is 24.6 Å². The molecule has 0 fully saturated rings. The van der Waals surface area contributed by atoms with Crippen LogP contribution in [0.25, 0.3) is 10.9 Å². The van der Waals surface area contributed by atoms with Crippen molar-refractivity contribution in [2.24, 2.45) is 0 Å². The molecule has 0 radical (unpaired) electrons. The summed E-state index contributed by atoms with van der Waals surface area (Å²) in [6.45, 7) is 3.31. The molecule has 0 unspecified atom stereocenters. The Kier molecular flexibility index (Phi) is 9.41. The Labute approximate surface area is 293 Å². The molecule has 7 nitrogen and oxygen atoms in total. The van der Waals surface area contributed by atoms with Crippen LogP contribution < -0.4 is 0 Å². The fraction of sp³-hybridized carbons (Fsp3) is 0.150. The van der Waals surface area contributed by atoms with Gasteiger partial charge in [0.25, 0.3) is 0 Å².